The summed E-state index contributed by atoms with van der Waals surface area (Å²) in [4.78, 5) is 7.49. The van der Waals surface area contributed by atoms with Crippen molar-refractivity contribution in [2.45, 2.75) is 0 Å². The molecule has 0 atom stereocenters. The van der Waals surface area contributed by atoms with Gasteiger partial charge in [0.25, 0.3) is 0 Å². The molecule has 0 unspecified atom stereocenters. The summed E-state index contributed by atoms with van der Waals surface area (Å²) in [5.74, 6) is 0.562. The molecule has 0 radical (unpaired) electrons. The predicted molar refractivity (Wildman–Crippen MR) is 210 cm³/mol. The van der Waals surface area contributed by atoms with Gasteiger partial charge in [-0.1, -0.05) is 133 Å². The van der Waals surface area contributed by atoms with E-state index in [1.165, 1.54) is 16.3 Å². The van der Waals surface area contributed by atoms with E-state index in [1.807, 2.05) is 48.5 Å². The van der Waals surface area contributed by atoms with Gasteiger partial charge in [0, 0.05) is 27.6 Å². The first-order valence-corrected chi connectivity index (χ1v) is 17.1. The van der Waals surface area contributed by atoms with Gasteiger partial charge in [0.2, 0.25) is 5.89 Å². The minimum atomic E-state index is 0.562. The van der Waals surface area contributed by atoms with Crippen LogP contribution < -0.4 is 4.90 Å². The highest BCUT2D eigenvalue weighted by atomic mass is 16.4. The van der Waals surface area contributed by atoms with Crippen molar-refractivity contribution in [2.75, 3.05) is 4.90 Å². The van der Waals surface area contributed by atoms with Gasteiger partial charge in [0.15, 0.2) is 11.2 Å². The van der Waals surface area contributed by atoms with Crippen molar-refractivity contribution in [3.05, 3.63) is 182 Å². The minimum Gasteiger partial charge on any atom is -0.454 e. The van der Waals surface area contributed by atoms with Crippen LogP contribution >= 0.6 is 0 Å². The molecule has 0 N–H and O–H groups in total. The number of hydrogen-bond donors (Lipinski definition) is 0. The van der Waals surface area contributed by atoms with Gasteiger partial charge in [-0.25, -0.2) is 4.98 Å². The smallest absolute Gasteiger partial charge is 0.227 e. The lowest BCUT2D eigenvalue weighted by Gasteiger charge is -2.28. The van der Waals surface area contributed by atoms with Crippen LogP contribution in [0.4, 0.5) is 17.1 Å². The first-order valence-electron chi connectivity index (χ1n) is 17.1. The molecule has 10 aromatic rings. The molecule has 10 rings (SSSR count). The van der Waals surface area contributed by atoms with E-state index in [9.17, 15) is 0 Å². The zero-order valence-corrected chi connectivity index (χ0v) is 27.5. The van der Waals surface area contributed by atoms with E-state index in [0.29, 0.717) is 11.5 Å². The third-order valence-electron chi connectivity index (χ3n) is 9.68. The maximum absolute atomic E-state index is 6.79. The first-order chi connectivity index (χ1) is 25.3. The van der Waals surface area contributed by atoms with Gasteiger partial charge in [-0.15, -0.1) is 0 Å². The van der Waals surface area contributed by atoms with E-state index in [-0.39, 0.29) is 0 Å². The number of furan rings is 1. The molecule has 2 heterocycles. The van der Waals surface area contributed by atoms with Gasteiger partial charge in [-0.3, -0.25) is 0 Å². The monoisotopic (exact) mass is 654 g/mol. The lowest BCUT2D eigenvalue weighted by Crippen LogP contribution is -2.12. The maximum Gasteiger partial charge on any atom is 0.227 e. The third-order valence-corrected chi connectivity index (χ3v) is 9.68. The van der Waals surface area contributed by atoms with Crippen LogP contribution in [-0.2, 0) is 0 Å². The summed E-state index contributed by atoms with van der Waals surface area (Å²) in [5.41, 5.74) is 11.2. The highest BCUT2D eigenvalue weighted by molar-refractivity contribution is 6.18. The van der Waals surface area contributed by atoms with Crippen molar-refractivity contribution in [1.82, 2.24) is 4.98 Å². The average Bonchev–Trinajstić information content (AvgIpc) is 3.80. The summed E-state index contributed by atoms with van der Waals surface area (Å²) in [6.45, 7) is 0. The van der Waals surface area contributed by atoms with Gasteiger partial charge >= 0.3 is 0 Å². The summed E-state index contributed by atoms with van der Waals surface area (Å²) in [6.07, 6.45) is 0. The standard InChI is InChI=1S/C47H30N2O2/c1-3-14-33(15-4-1)38-19-9-11-21-41(38)49(37-27-25-32(26-28-37)36-24-23-31-13-7-8-18-35(31)29-36)45-44-43(51-47(48-44)34-16-5-2-6-17-34)30-40-39-20-10-12-22-42(39)50-46(40)45/h1-30H. The Balaban J connectivity index is 1.26. The normalized spacial score (nSPS) is 11.5. The molecule has 0 amide bonds. The number of rotatable bonds is 6. The number of fused-ring (bicyclic) bond motifs is 5. The Labute approximate surface area is 294 Å². The van der Waals surface area contributed by atoms with Gasteiger partial charge in [0.1, 0.15) is 16.8 Å². The van der Waals surface area contributed by atoms with E-state index in [2.05, 4.69) is 138 Å². The number of hydrogen-bond acceptors (Lipinski definition) is 4. The van der Waals surface area contributed by atoms with Gasteiger partial charge in [0.05, 0.1) is 5.69 Å². The Bertz CT molecular complexity index is 2850. The van der Waals surface area contributed by atoms with Crippen molar-refractivity contribution >= 4 is 60.9 Å². The van der Waals surface area contributed by atoms with E-state index in [4.69, 9.17) is 13.8 Å². The molecule has 0 fully saturated rings. The van der Waals surface area contributed by atoms with Gasteiger partial charge in [-0.2, -0.15) is 0 Å². The van der Waals surface area contributed by atoms with E-state index < -0.39 is 0 Å². The molecular weight excluding hydrogens is 625 g/mol. The van der Waals surface area contributed by atoms with Crippen LogP contribution in [0.1, 0.15) is 0 Å². The second-order valence-corrected chi connectivity index (χ2v) is 12.8. The molecule has 8 aromatic carbocycles. The van der Waals surface area contributed by atoms with Gasteiger partial charge < -0.3 is 13.7 Å². The lowest BCUT2D eigenvalue weighted by molar-refractivity contribution is 0.620. The zero-order valence-electron chi connectivity index (χ0n) is 27.5. The van der Waals surface area contributed by atoms with Crippen molar-refractivity contribution in [3.8, 4) is 33.7 Å². The van der Waals surface area contributed by atoms with Crippen LogP contribution in [0.25, 0.3) is 77.5 Å². The molecule has 0 saturated carbocycles. The summed E-state index contributed by atoms with van der Waals surface area (Å²) in [5, 5.41) is 4.44. The molecule has 4 nitrogen and oxygen atoms in total. The fourth-order valence-corrected chi connectivity index (χ4v) is 7.23. The highest BCUT2D eigenvalue weighted by Crippen LogP contribution is 2.49. The Morgan fingerprint density at radius 3 is 1.92 bits per heavy atom. The number of para-hydroxylation sites is 2. The molecule has 2 aromatic heterocycles. The summed E-state index contributed by atoms with van der Waals surface area (Å²) in [6, 6.07) is 63.3. The number of nitrogens with zero attached hydrogens (tertiary/aromatic N) is 2. The average molecular weight is 655 g/mol. The molecular formula is C47H30N2O2. The van der Waals surface area contributed by atoms with Crippen molar-refractivity contribution in [3.63, 3.8) is 0 Å². The van der Waals surface area contributed by atoms with Crippen LogP contribution in [0.15, 0.2) is 191 Å². The molecule has 0 bridgehead atoms. The fourth-order valence-electron chi connectivity index (χ4n) is 7.23. The van der Waals surface area contributed by atoms with E-state index in [1.54, 1.807) is 0 Å². The molecule has 240 valence electrons. The number of aromatic nitrogens is 1. The van der Waals surface area contributed by atoms with Gasteiger partial charge in [-0.05, 0) is 76.0 Å². The molecule has 0 aliphatic carbocycles. The van der Waals surface area contributed by atoms with Crippen LogP contribution in [0.2, 0.25) is 0 Å². The predicted octanol–water partition coefficient (Wildman–Crippen LogP) is 13.4. The van der Waals surface area contributed by atoms with E-state index in [0.717, 1.165) is 66.8 Å². The molecule has 0 saturated heterocycles. The topological polar surface area (TPSA) is 42.4 Å². The van der Waals surface area contributed by atoms with Crippen LogP contribution in [0, 0.1) is 0 Å². The Morgan fingerprint density at radius 2 is 1.10 bits per heavy atom. The molecule has 0 aliphatic heterocycles. The van der Waals surface area contributed by atoms with Crippen LogP contribution in [0.5, 0.6) is 0 Å². The second kappa shape index (κ2) is 11.9. The summed E-state index contributed by atoms with van der Waals surface area (Å²) >= 11 is 0. The van der Waals surface area contributed by atoms with Crippen LogP contribution in [0.3, 0.4) is 0 Å². The Morgan fingerprint density at radius 1 is 0.431 bits per heavy atom. The van der Waals surface area contributed by atoms with Crippen LogP contribution in [-0.4, -0.2) is 4.98 Å². The summed E-state index contributed by atoms with van der Waals surface area (Å²) in [7, 11) is 0. The fraction of sp³-hybridized carbons (Fsp3) is 0. The Kier molecular flexibility index (Phi) is 6.78. The third kappa shape index (κ3) is 4.96. The largest absolute Gasteiger partial charge is 0.454 e. The highest BCUT2D eigenvalue weighted by Gasteiger charge is 2.27. The molecule has 0 spiro atoms. The lowest BCUT2D eigenvalue weighted by atomic mass is 9.99. The molecule has 51 heavy (non-hydrogen) atoms. The Hall–Kier alpha value is -6.91. The minimum absolute atomic E-state index is 0.562. The summed E-state index contributed by atoms with van der Waals surface area (Å²) < 4.78 is 13.4. The maximum atomic E-state index is 6.79. The van der Waals surface area contributed by atoms with Crippen molar-refractivity contribution in [1.29, 1.82) is 0 Å². The van der Waals surface area contributed by atoms with E-state index >= 15 is 0 Å². The quantitative estimate of drug-likeness (QED) is 0.179. The first kappa shape index (κ1) is 29.0. The number of benzene rings is 8. The zero-order chi connectivity index (χ0) is 33.7. The van der Waals surface area contributed by atoms with Crippen molar-refractivity contribution in [2.24, 2.45) is 0 Å². The number of anilines is 3. The molecule has 0 aliphatic rings. The second-order valence-electron chi connectivity index (χ2n) is 12.8. The van der Waals surface area contributed by atoms with Crippen molar-refractivity contribution < 1.29 is 8.83 Å². The molecule has 4 heteroatoms. The number of oxazole rings is 1. The SMILES string of the molecule is c1ccc(-c2nc3c(N(c4ccc(-c5ccc6ccccc6c5)cc4)c4ccccc4-c4ccccc4)c4oc5ccccc5c4cc3o2)cc1.